The Kier molecular flexibility index (Phi) is 6.23. The van der Waals surface area contributed by atoms with Crippen molar-refractivity contribution in [2.75, 3.05) is 48.8 Å². The summed E-state index contributed by atoms with van der Waals surface area (Å²) in [6, 6.07) is 11.3. The number of rotatable bonds is 4. The summed E-state index contributed by atoms with van der Waals surface area (Å²) in [5.74, 6) is 1.76. The van der Waals surface area contributed by atoms with Gasteiger partial charge in [-0.3, -0.25) is 9.59 Å². The Morgan fingerprint density at radius 3 is 2.67 bits per heavy atom. The van der Waals surface area contributed by atoms with E-state index in [4.69, 9.17) is 4.74 Å². The number of carbonyl (C=O) groups excluding carboxylic acids is 2. The van der Waals surface area contributed by atoms with E-state index < -0.39 is 0 Å². The highest BCUT2D eigenvalue weighted by molar-refractivity contribution is 8.02. The maximum atomic E-state index is 13.0. The number of ether oxygens (including phenoxy) is 1. The fourth-order valence-electron chi connectivity index (χ4n) is 3.42. The molecular weight excluding hydrogens is 400 g/mol. The lowest BCUT2D eigenvalue weighted by atomic mass is 10.1. The van der Waals surface area contributed by atoms with Crippen LogP contribution in [0.3, 0.4) is 0 Å². The summed E-state index contributed by atoms with van der Waals surface area (Å²) in [4.78, 5) is 33.9. The molecule has 0 bridgehead atoms. The van der Waals surface area contributed by atoms with E-state index >= 15 is 0 Å². The molecule has 7 nitrogen and oxygen atoms in total. The van der Waals surface area contributed by atoms with E-state index in [1.165, 1.54) is 0 Å². The molecule has 1 aromatic heterocycles. The van der Waals surface area contributed by atoms with E-state index in [0.29, 0.717) is 36.7 Å². The number of pyridine rings is 1. The molecule has 0 radical (unpaired) electrons. The number of thioether (sulfide) groups is 1. The normalized spacial score (nSPS) is 16.5. The van der Waals surface area contributed by atoms with Gasteiger partial charge in [-0.15, -0.1) is 11.8 Å². The van der Waals surface area contributed by atoms with Gasteiger partial charge in [-0.25, -0.2) is 4.98 Å². The molecule has 1 saturated heterocycles. The predicted octanol–water partition coefficient (Wildman–Crippen LogP) is 2.90. The number of aromatic nitrogens is 1. The van der Waals surface area contributed by atoms with Crippen molar-refractivity contribution in [2.45, 2.75) is 6.92 Å². The van der Waals surface area contributed by atoms with Crippen molar-refractivity contribution >= 4 is 35.1 Å². The summed E-state index contributed by atoms with van der Waals surface area (Å²) >= 11 is 1.55. The Labute approximate surface area is 180 Å². The van der Waals surface area contributed by atoms with E-state index in [1.54, 1.807) is 29.4 Å². The number of benzene rings is 1. The van der Waals surface area contributed by atoms with Crippen LogP contribution >= 0.6 is 11.8 Å². The Bertz CT molecular complexity index is 956. The molecule has 2 aliphatic rings. The van der Waals surface area contributed by atoms with Crippen LogP contribution in [0.15, 0.2) is 53.8 Å². The third-order valence-electron chi connectivity index (χ3n) is 5.15. The first-order chi connectivity index (χ1) is 14.6. The topological polar surface area (TPSA) is 74.8 Å². The van der Waals surface area contributed by atoms with Crippen molar-refractivity contribution in [3.8, 4) is 0 Å². The second-order valence-corrected chi connectivity index (χ2v) is 8.13. The SMILES string of the molecule is Cc1ccc(C(=O)N2CCN(c3ccccn3)CC2)cc1NC(=O)C1=CSCCO1. The van der Waals surface area contributed by atoms with Gasteiger partial charge in [-0.1, -0.05) is 12.1 Å². The van der Waals surface area contributed by atoms with Gasteiger partial charge in [-0.05, 0) is 36.8 Å². The van der Waals surface area contributed by atoms with Gasteiger partial charge in [0, 0.05) is 54.8 Å². The van der Waals surface area contributed by atoms with Crippen LogP contribution in [0.4, 0.5) is 11.5 Å². The molecule has 0 spiro atoms. The van der Waals surface area contributed by atoms with Gasteiger partial charge in [0.2, 0.25) is 0 Å². The molecule has 8 heteroatoms. The third-order valence-corrected chi connectivity index (χ3v) is 5.93. The number of aryl methyl sites for hydroxylation is 1. The Balaban J connectivity index is 1.41. The van der Waals surface area contributed by atoms with Gasteiger partial charge in [0.15, 0.2) is 5.76 Å². The Morgan fingerprint density at radius 1 is 1.13 bits per heavy atom. The van der Waals surface area contributed by atoms with Gasteiger partial charge in [0.05, 0.1) is 6.61 Å². The molecule has 2 aromatic rings. The zero-order chi connectivity index (χ0) is 20.9. The lowest BCUT2D eigenvalue weighted by Gasteiger charge is -2.35. The number of anilines is 2. The van der Waals surface area contributed by atoms with Crippen molar-refractivity contribution in [3.05, 3.63) is 64.9 Å². The lowest BCUT2D eigenvalue weighted by molar-refractivity contribution is -0.116. The first kappa shape index (κ1) is 20.3. The zero-order valence-electron chi connectivity index (χ0n) is 16.8. The standard InChI is InChI=1S/C22H24N4O3S/c1-16-5-6-17(14-18(16)24-21(27)19-15-30-13-12-29-19)22(28)26-10-8-25(9-11-26)20-4-2-3-7-23-20/h2-7,14-15H,8-13H2,1H3,(H,24,27). The molecule has 1 aromatic carbocycles. The average molecular weight is 425 g/mol. The fraction of sp³-hybridized carbons (Fsp3) is 0.318. The second-order valence-electron chi connectivity index (χ2n) is 7.15. The number of hydrogen-bond acceptors (Lipinski definition) is 6. The molecule has 4 rings (SSSR count). The lowest BCUT2D eigenvalue weighted by Crippen LogP contribution is -2.49. The van der Waals surface area contributed by atoms with Crippen molar-refractivity contribution < 1.29 is 14.3 Å². The Hall–Kier alpha value is -3.00. The number of nitrogens with zero attached hydrogens (tertiary/aromatic N) is 3. The maximum absolute atomic E-state index is 13.0. The summed E-state index contributed by atoms with van der Waals surface area (Å²) in [6.45, 7) is 5.15. The predicted molar refractivity (Wildman–Crippen MR) is 119 cm³/mol. The maximum Gasteiger partial charge on any atom is 0.291 e. The van der Waals surface area contributed by atoms with Gasteiger partial charge < -0.3 is 19.9 Å². The van der Waals surface area contributed by atoms with E-state index in [2.05, 4.69) is 15.2 Å². The van der Waals surface area contributed by atoms with Gasteiger partial charge in [-0.2, -0.15) is 0 Å². The summed E-state index contributed by atoms with van der Waals surface area (Å²) < 4.78 is 5.41. The third kappa shape index (κ3) is 4.59. The van der Waals surface area contributed by atoms with Crippen molar-refractivity contribution in [3.63, 3.8) is 0 Å². The van der Waals surface area contributed by atoms with Crippen LogP contribution in [0.5, 0.6) is 0 Å². The second kappa shape index (κ2) is 9.21. The molecule has 0 atom stereocenters. The van der Waals surface area contributed by atoms with Crippen LogP contribution in [0.2, 0.25) is 0 Å². The number of nitrogens with one attached hydrogen (secondary N) is 1. The summed E-state index contributed by atoms with van der Waals surface area (Å²) in [7, 11) is 0. The average Bonchev–Trinajstić information content (AvgIpc) is 2.81. The van der Waals surface area contributed by atoms with Crippen molar-refractivity contribution in [1.82, 2.24) is 9.88 Å². The molecule has 3 heterocycles. The van der Waals surface area contributed by atoms with Crippen LogP contribution in [0.1, 0.15) is 15.9 Å². The molecule has 0 aliphatic carbocycles. The van der Waals surface area contributed by atoms with Crippen LogP contribution in [-0.2, 0) is 9.53 Å². The van der Waals surface area contributed by atoms with Crippen LogP contribution < -0.4 is 10.2 Å². The fourth-order valence-corrected chi connectivity index (χ4v) is 4.05. The minimum atomic E-state index is -0.293. The van der Waals surface area contributed by atoms with Gasteiger partial charge >= 0.3 is 0 Å². The van der Waals surface area contributed by atoms with Crippen LogP contribution in [0, 0.1) is 6.92 Å². The molecule has 30 heavy (non-hydrogen) atoms. The van der Waals surface area contributed by atoms with E-state index in [-0.39, 0.29) is 11.8 Å². The molecule has 2 aliphatic heterocycles. The number of amides is 2. The van der Waals surface area contributed by atoms with Crippen LogP contribution in [-0.4, -0.2) is 60.2 Å². The first-order valence-corrected chi connectivity index (χ1v) is 11.0. The number of hydrogen-bond donors (Lipinski definition) is 1. The quantitative estimate of drug-likeness (QED) is 0.814. The summed E-state index contributed by atoms with van der Waals surface area (Å²) in [5.41, 5.74) is 2.08. The van der Waals surface area contributed by atoms with E-state index in [1.807, 2.05) is 42.2 Å². The molecule has 1 fully saturated rings. The highest BCUT2D eigenvalue weighted by atomic mass is 32.2. The molecule has 156 valence electrons. The van der Waals surface area contributed by atoms with Gasteiger partial charge in [0.1, 0.15) is 5.82 Å². The first-order valence-electron chi connectivity index (χ1n) is 9.93. The number of piperazine rings is 1. The summed E-state index contributed by atoms with van der Waals surface area (Å²) in [6.07, 6.45) is 1.78. The monoisotopic (exact) mass is 424 g/mol. The highest BCUT2D eigenvalue weighted by Gasteiger charge is 2.23. The van der Waals surface area contributed by atoms with Crippen molar-refractivity contribution in [1.29, 1.82) is 0 Å². The minimum absolute atomic E-state index is 0.0325. The zero-order valence-corrected chi connectivity index (χ0v) is 17.7. The molecular formula is C22H24N4O3S. The minimum Gasteiger partial charge on any atom is -0.487 e. The summed E-state index contributed by atoms with van der Waals surface area (Å²) in [5, 5.41) is 4.60. The Morgan fingerprint density at radius 2 is 1.97 bits per heavy atom. The molecule has 0 unspecified atom stereocenters. The molecule has 0 saturated carbocycles. The smallest absolute Gasteiger partial charge is 0.291 e. The van der Waals surface area contributed by atoms with E-state index in [0.717, 1.165) is 30.2 Å². The van der Waals surface area contributed by atoms with Gasteiger partial charge in [0.25, 0.3) is 11.8 Å². The highest BCUT2D eigenvalue weighted by Crippen LogP contribution is 2.22. The van der Waals surface area contributed by atoms with Crippen molar-refractivity contribution in [2.24, 2.45) is 0 Å². The largest absolute Gasteiger partial charge is 0.487 e. The van der Waals surface area contributed by atoms with E-state index in [9.17, 15) is 9.59 Å². The molecule has 2 amide bonds. The number of carbonyl (C=O) groups is 2. The van der Waals surface area contributed by atoms with Crippen LogP contribution in [0.25, 0.3) is 0 Å². The molecule has 1 N–H and O–H groups in total.